The molecular formula is C18H28N4O6S2. The van der Waals surface area contributed by atoms with Gasteiger partial charge in [0.25, 0.3) is 0 Å². The molecule has 0 fully saturated rings. The first-order valence-corrected chi connectivity index (χ1v) is 12.4. The van der Waals surface area contributed by atoms with Gasteiger partial charge < -0.3 is 0 Å². The van der Waals surface area contributed by atoms with Crippen molar-refractivity contribution in [3.63, 3.8) is 0 Å². The van der Waals surface area contributed by atoms with Gasteiger partial charge in [0.2, 0.25) is 24.3 Å². The molecule has 0 aromatic rings. The molecule has 30 heavy (non-hydrogen) atoms. The number of hydrogen-bond acceptors (Lipinski definition) is 11. The summed E-state index contributed by atoms with van der Waals surface area (Å²) in [4.78, 5) is 51.2. The molecule has 0 radical (unpaired) electrons. The van der Waals surface area contributed by atoms with Crippen molar-refractivity contribution in [2.45, 2.75) is 51.4 Å². The van der Waals surface area contributed by atoms with Gasteiger partial charge in [-0.3, -0.25) is 0 Å². The molecule has 0 saturated heterocycles. The van der Waals surface area contributed by atoms with Crippen LogP contribution >= 0.6 is 11.8 Å². The number of carbonyl (C=O) groups excluding carboxylic acids is 4. The summed E-state index contributed by atoms with van der Waals surface area (Å²) in [5.41, 5.74) is 0. The summed E-state index contributed by atoms with van der Waals surface area (Å²) in [6.07, 6.45) is 14.5. The predicted molar refractivity (Wildman–Crippen MR) is 115 cm³/mol. The van der Waals surface area contributed by atoms with Crippen LogP contribution in [0.3, 0.4) is 0 Å². The van der Waals surface area contributed by atoms with E-state index in [-0.39, 0.29) is 0 Å². The van der Waals surface area contributed by atoms with E-state index in [1.165, 1.54) is 37.2 Å². The monoisotopic (exact) mass is 460 g/mol. The summed E-state index contributed by atoms with van der Waals surface area (Å²) in [6.45, 7) is 1.26. The van der Waals surface area contributed by atoms with Crippen molar-refractivity contribution in [3.8, 4) is 0 Å². The van der Waals surface area contributed by atoms with Crippen LogP contribution in [-0.2, 0) is 29.0 Å². The minimum atomic E-state index is -3.56. The fraction of sp³-hybridized carbons (Fsp3) is 0.778. The van der Waals surface area contributed by atoms with E-state index in [1.54, 1.807) is 12.2 Å². The summed E-state index contributed by atoms with van der Waals surface area (Å²) in [6, 6.07) is 0. The largest absolute Gasteiger partial charge is 0.235 e. The highest BCUT2D eigenvalue weighted by molar-refractivity contribution is 7.99. The van der Waals surface area contributed by atoms with Crippen LogP contribution < -0.4 is 0 Å². The molecule has 0 aliphatic carbocycles. The fourth-order valence-corrected chi connectivity index (χ4v) is 3.58. The molecule has 0 bridgehead atoms. The van der Waals surface area contributed by atoms with Gasteiger partial charge in [-0.1, -0.05) is 25.7 Å². The van der Waals surface area contributed by atoms with Crippen molar-refractivity contribution in [3.05, 3.63) is 0 Å². The Labute approximate surface area is 181 Å². The summed E-state index contributed by atoms with van der Waals surface area (Å²) in [7, 11) is -3.56. The zero-order valence-corrected chi connectivity index (χ0v) is 18.6. The van der Waals surface area contributed by atoms with Crippen molar-refractivity contribution >= 4 is 45.9 Å². The highest BCUT2D eigenvalue weighted by atomic mass is 32.2. The molecule has 0 spiro atoms. The molecular weight excluding hydrogens is 432 g/mol. The maximum absolute atomic E-state index is 10.6. The Bertz CT molecular complexity index is 665. The number of rotatable bonds is 18. The highest BCUT2D eigenvalue weighted by Crippen LogP contribution is 2.11. The number of thioether (sulfide) groups is 1. The number of nitrogens with zero attached hydrogens (tertiary/aromatic N) is 4. The van der Waals surface area contributed by atoms with Crippen molar-refractivity contribution < 1.29 is 27.6 Å². The molecule has 0 aliphatic heterocycles. The standard InChI is InChI=1S/C14H24N2O2S.C4H4N2O4S/c17-13-15-9-5-1-3-7-11-19-12-8-4-2-6-10-16-14-18;7-1-5-3-11(9,10)4-6-2-8/h1-12H2;3-4H2. The Morgan fingerprint density at radius 3 is 1.27 bits per heavy atom. The lowest BCUT2D eigenvalue weighted by molar-refractivity contribution is 0.560. The van der Waals surface area contributed by atoms with Crippen LogP contribution in [0.15, 0.2) is 20.0 Å². The van der Waals surface area contributed by atoms with Gasteiger partial charge in [-0.25, -0.2) is 37.6 Å². The topological polar surface area (TPSA) is 152 Å². The van der Waals surface area contributed by atoms with Crippen LogP contribution in [0.5, 0.6) is 0 Å². The van der Waals surface area contributed by atoms with Crippen LogP contribution in [-0.4, -0.2) is 69.1 Å². The van der Waals surface area contributed by atoms with Crippen LogP contribution in [0.2, 0.25) is 0 Å². The molecule has 12 heteroatoms. The lowest BCUT2D eigenvalue weighted by Gasteiger charge is -2.01. The number of aliphatic imine (C=N–C) groups is 4. The molecule has 0 unspecified atom stereocenters. The van der Waals surface area contributed by atoms with Crippen molar-refractivity contribution in [1.82, 2.24) is 0 Å². The third-order valence-electron chi connectivity index (χ3n) is 3.40. The Balaban J connectivity index is 0. The lowest BCUT2D eigenvalue weighted by atomic mass is 10.2. The molecule has 0 amide bonds. The Kier molecular flexibility index (Phi) is 24.9. The minimum absolute atomic E-state index is 0.630. The molecule has 0 atom stereocenters. The van der Waals surface area contributed by atoms with Crippen LogP contribution in [0.4, 0.5) is 0 Å². The van der Waals surface area contributed by atoms with Crippen molar-refractivity contribution in [1.29, 1.82) is 0 Å². The van der Waals surface area contributed by atoms with Crippen molar-refractivity contribution in [2.75, 3.05) is 36.3 Å². The maximum Gasteiger partial charge on any atom is 0.235 e. The van der Waals surface area contributed by atoms with Gasteiger partial charge in [0.15, 0.2) is 21.6 Å². The molecule has 10 nitrogen and oxygen atoms in total. The van der Waals surface area contributed by atoms with E-state index in [1.807, 2.05) is 11.8 Å². The highest BCUT2D eigenvalue weighted by Gasteiger charge is 2.07. The van der Waals surface area contributed by atoms with Gasteiger partial charge in [-0.05, 0) is 37.2 Å². The second kappa shape index (κ2) is 24.9. The summed E-state index contributed by atoms with van der Waals surface area (Å²) in [5.74, 6) is 1.07. The quantitative estimate of drug-likeness (QED) is 0.173. The van der Waals surface area contributed by atoms with E-state index >= 15 is 0 Å². The smallest absolute Gasteiger partial charge is 0.225 e. The van der Waals surface area contributed by atoms with Gasteiger partial charge in [0.1, 0.15) is 0 Å². The molecule has 0 aromatic heterocycles. The van der Waals surface area contributed by atoms with Crippen LogP contribution in [0.1, 0.15) is 51.4 Å². The average molecular weight is 461 g/mol. The van der Waals surface area contributed by atoms with Gasteiger partial charge in [-0.2, -0.15) is 21.7 Å². The first-order chi connectivity index (χ1) is 14.5. The molecule has 168 valence electrons. The predicted octanol–water partition coefficient (Wildman–Crippen LogP) is 2.50. The van der Waals surface area contributed by atoms with E-state index in [9.17, 15) is 27.6 Å². The molecule has 0 heterocycles. The zero-order valence-electron chi connectivity index (χ0n) is 17.0. The summed E-state index contributed by atoms with van der Waals surface area (Å²) in [5, 5.41) is 0. The average Bonchev–Trinajstić information content (AvgIpc) is 2.74. The normalized spacial score (nSPS) is 9.60. The molecule has 0 N–H and O–H groups in total. The van der Waals surface area contributed by atoms with Crippen LogP contribution in [0.25, 0.3) is 0 Å². The van der Waals surface area contributed by atoms with Gasteiger partial charge in [0.05, 0.1) is 13.1 Å². The second-order valence-electron chi connectivity index (χ2n) is 5.89. The second-order valence-corrected chi connectivity index (χ2v) is 9.12. The maximum atomic E-state index is 10.6. The van der Waals surface area contributed by atoms with Crippen molar-refractivity contribution in [2.24, 2.45) is 20.0 Å². The number of isocyanates is 4. The van der Waals surface area contributed by atoms with Crippen LogP contribution in [0, 0.1) is 0 Å². The molecule has 0 saturated carbocycles. The zero-order chi connectivity index (χ0) is 22.8. The Morgan fingerprint density at radius 1 is 0.533 bits per heavy atom. The SMILES string of the molecule is O=C=NCCCCCCSCCCCCCN=C=O.O=C=NCS(=O)(=O)CN=C=O. The number of hydrogen-bond donors (Lipinski definition) is 0. The minimum Gasteiger partial charge on any atom is -0.225 e. The van der Waals surface area contributed by atoms with Gasteiger partial charge >= 0.3 is 0 Å². The lowest BCUT2D eigenvalue weighted by Crippen LogP contribution is -2.07. The number of sulfone groups is 1. The van der Waals surface area contributed by atoms with E-state index in [0.29, 0.717) is 13.1 Å². The van der Waals surface area contributed by atoms with Gasteiger partial charge in [-0.15, -0.1) is 0 Å². The number of unbranched alkanes of at least 4 members (excludes halogenated alkanes) is 6. The Morgan fingerprint density at radius 2 is 0.900 bits per heavy atom. The van der Waals surface area contributed by atoms with Gasteiger partial charge in [0, 0.05) is 0 Å². The summed E-state index contributed by atoms with van der Waals surface area (Å²) < 4.78 is 21.2. The third-order valence-corrected chi connectivity index (χ3v) is 5.60. The summed E-state index contributed by atoms with van der Waals surface area (Å²) >= 11 is 2.02. The Hall–Kier alpha value is -2.18. The van der Waals surface area contributed by atoms with E-state index in [4.69, 9.17) is 0 Å². The molecule has 0 aliphatic rings. The molecule has 0 aromatic carbocycles. The first kappa shape index (κ1) is 30.0. The van der Waals surface area contributed by atoms with E-state index in [2.05, 4.69) is 20.0 Å². The molecule has 0 rings (SSSR count). The third kappa shape index (κ3) is 28.0. The fourth-order valence-electron chi connectivity index (χ4n) is 1.98. The van der Waals surface area contributed by atoms with E-state index in [0.717, 1.165) is 37.8 Å². The first-order valence-electron chi connectivity index (χ1n) is 9.46. The van der Waals surface area contributed by atoms with E-state index < -0.39 is 21.6 Å².